The van der Waals surface area contributed by atoms with E-state index in [2.05, 4.69) is 5.32 Å². The van der Waals surface area contributed by atoms with Crippen LogP contribution in [-0.4, -0.2) is 17.6 Å². The predicted octanol–water partition coefficient (Wildman–Crippen LogP) is 5.72. The lowest BCUT2D eigenvalue weighted by molar-refractivity contribution is 0.0975. The summed E-state index contributed by atoms with van der Waals surface area (Å²) in [7, 11) is 0. The number of aromatic hydroxyl groups is 1. The SMILES string of the molecule is CCOc1cccc(N2C(=O)c3ccccc3N[C@H]2c2c(O)ccc3ccccc23)c1. The second-order valence-electron chi connectivity index (χ2n) is 7.42. The quantitative estimate of drug-likeness (QED) is 0.452. The first-order valence-corrected chi connectivity index (χ1v) is 10.3. The molecule has 0 fully saturated rings. The van der Waals surface area contributed by atoms with Crippen molar-refractivity contribution in [2.75, 3.05) is 16.8 Å². The molecule has 0 bridgehead atoms. The number of hydrogen-bond acceptors (Lipinski definition) is 4. The summed E-state index contributed by atoms with van der Waals surface area (Å²) in [6, 6.07) is 26.3. The number of hydrogen-bond donors (Lipinski definition) is 2. The molecule has 1 heterocycles. The van der Waals surface area contributed by atoms with Crippen molar-refractivity contribution < 1.29 is 14.6 Å². The minimum Gasteiger partial charge on any atom is -0.507 e. The molecule has 1 aliphatic heterocycles. The van der Waals surface area contributed by atoms with Gasteiger partial charge in [-0.3, -0.25) is 9.69 Å². The van der Waals surface area contributed by atoms with Crippen molar-refractivity contribution in [2.24, 2.45) is 0 Å². The minimum absolute atomic E-state index is 0.134. The third-order valence-corrected chi connectivity index (χ3v) is 5.55. The molecule has 0 saturated carbocycles. The van der Waals surface area contributed by atoms with Crippen molar-refractivity contribution in [3.8, 4) is 11.5 Å². The van der Waals surface area contributed by atoms with E-state index in [0.717, 1.165) is 16.5 Å². The minimum atomic E-state index is -0.592. The van der Waals surface area contributed by atoms with Gasteiger partial charge in [0.15, 0.2) is 0 Å². The number of nitrogens with one attached hydrogen (secondary N) is 1. The fraction of sp³-hybridized carbons (Fsp3) is 0.115. The normalized spacial score (nSPS) is 15.5. The van der Waals surface area contributed by atoms with E-state index in [4.69, 9.17) is 4.74 Å². The average Bonchev–Trinajstić information content (AvgIpc) is 2.79. The van der Waals surface area contributed by atoms with Crippen LogP contribution in [0.5, 0.6) is 11.5 Å². The van der Waals surface area contributed by atoms with E-state index < -0.39 is 6.17 Å². The van der Waals surface area contributed by atoms with E-state index in [0.29, 0.717) is 29.2 Å². The molecule has 2 N–H and O–H groups in total. The molecular weight excluding hydrogens is 388 g/mol. The Balaban J connectivity index is 1.74. The van der Waals surface area contributed by atoms with Crippen LogP contribution in [0.1, 0.15) is 29.0 Å². The number of phenols is 1. The first-order chi connectivity index (χ1) is 15.2. The molecule has 1 aliphatic rings. The summed E-state index contributed by atoms with van der Waals surface area (Å²) in [6.45, 7) is 2.46. The van der Waals surface area contributed by atoms with Gasteiger partial charge in [-0.1, -0.05) is 48.5 Å². The number of benzene rings is 4. The summed E-state index contributed by atoms with van der Waals surface area (Å²) in [5, 5.41) is 16.3. The van der Waals surface area contributed by atoms with Crippen molar-refractivity contribution >= 4 is 28.1 Å². The van der Waals surface area contributed by atoms with Crippen molar-refractivity contribution in [2.45, 2.75) is 13.1 Å². The zero-order valence-electron chi connectivity index (χ0n) is 17.1. The zero-order valence-corrected chi connectivity index (χ0v) is 17.1. The van der Waals surface area contributed by atoms with Crippen molar-refractivity contribution in [1.29, 1.82) is 0 Å². The van der Waals surface area contributed by atoms with Gasteiger partial charge in [-0.25, -0.2) is 0 Å². The molecule has 0 unspecified atom stereocenters. The van der Waals surface area contributed by atoms with Gasteiger partial charge in [-0.05, 0) is 48.0 Å². The molecule has 4 aromatic rings. The van der Waals surface area contributed by atoms with E-state index in [-0.39, 0.29) is 11.7 Å². The highest BCUT2D eigenvalue weighted by Gasteiger charge is 2.36. The van der Waals surface area contributed by atoms with Crippen molar-refractivity contribution in [1.82, 2.24) is 0 Å². The molecule has 1 amide bonds. The molecule has 0 radical (unpaired) electrons. The number of amides is 1. The van der Waals surface area contributed by atoms with Crippen LogP contribution in [0.4, 0.5) is 11.4 Å². The van der Waals surface area contributed by atoms with Crippen molar-refractivity contribution in [3.63, 3.8) is 0 Å². The van der Waals surface area contributed by atoms with E-state index in [1.165, 1.54) is 0 Å². The van der Waals surface area contributed by atoms with Crippen LogP contribution >= 0.6 is 0 Å². The number of carbonyl (C=O) groups is 1. The third kappa shape index (κ3) is 3.24. The summed E-state index contributed by atoms with van der Waals surface area (Å²) in [5.74, 6) is 0.683. The molecular formula is C26H22N2O3. The number of fused-ring (bicyclic) bond motifs is 2. The van der Waals surface area contributed by atoms with E-state index in [1.807, 2.05) is 85.8 Å². The number of nitrogens with zero attached hydrogens (tertiary/aromatic N) is 1. The number of phenolic OH excluding ortho intramolecular Hbond substituents is 1. The first kappa shape index (κ1) is 19.0. The summed E-state index contributed by atoms with van der Waals surface area (Å²) in [6.07, 6.45) is -0.592. The van der Waals surface area contributed by atoms with Gasteiger partial charge in [0.05, 0.1) is 17.9 Å². The highest BCUT2D eigenvalue weighted by molar-refractivity contribution is 6.12. The lowest BCUT2D eigenvalue weighted by Crippen LogP contribution is -2.43. The Kier molecular flexibility index (Phi) is 4.71. The first-order valence-electron chi connectivity index (χ1n) is 10.3. The van der Waals surface area contributed by atoms with Crippen LogP contribution in [0.3, 0.4) is 0 Å². The number of ether oxygens (including phenoxy) is 1. The molecule has 31 heavy (non-hydrogen) atoms. The summed E-state index contributed by atoms with van der Waals surface area (Å²) >= 11 is 0. The molecule has 5 nitrogen and oxygen atoms in total. The van der Waals surface area contributed by atoms with Gasteiger partial charge >= 0.3 is 0 Å². The Hall–Kier alpha value is -3.99. The van der Waals surface area contributed by atoms with Gasteiger partial charge in [-0.2, -0.15) is 0 Å². The predicted molar refractivity (Wildman–Crippen MR) is 123 cm³/mol. The molecule has 0 saturated heterocycles. The summed E-state index contributed by atoms with van der Waals surface area (Å²) in [5.41, 5.74) is 2.67. The van der Waals surface area contributed by atoms with Crippen LogP contribution in [0.2, 0.25) is 0 Å². The maximum absolute atomic E-state index is 13.7. The zero-order chi connectivity index (χ0) is 21.4. The van der Waals surface area contributed by atoms with Crippen LogP contribution in [-0.2, 0) is 0 Å². The number of para-hydroxylation sites is 1. The fourth-order valence-electron chi connectivity index (χ4n) is 4.18. The largest absolute Gasteiger partial charge is 0.507 e. The van der Waals surface area contributed by atoms with Crippen LogP contribution in [0, 0.1) is 0 Å². The van der Waals surface area contributed by atoms with Gasteiger partial charge < -0.3 is 15.2 Å². The smallest absolute Gasteiger partial charge is 0.262 e. The third-order valence-electron chi connectivity index (χ3n) is 5.55. The summed E-state index contributed by atoms with van der Waals surface area (Å²) in [4.78, 5) is 15.4. The topological polar surface area (TPSA) is 61.8 Å². The van der Waals surface area contributed by atoms with Gasteiger partial charge in [0.25, 0.3) is 5.91 Å². The fourth-order valence-corrected chi connectivity index (χ4v) is 4.18. The van der Waals surface area contributed by atoms with E-state index in [1.54, 1.807) is 11.0 Å². The Labute approximate surface area is 180 Å². The van der Waals surface area contributed by atoms with Gasteiger partial charge in [0.1, 0.15) is 17.7 Å². The Bertz CT molecular complexity index is 1280. The molecule has 1 atom stereocenters. The number of anilines is 2. The Morgan fingerprint density at radius 3 is 2.65 bits per heavy atom. The van der Waals surface area contributed by atoms with Gasteiger partial charge in [0.2, 0.25) is 0 Å². The second kappa shape index (κ2) is 7.69. The Morgan fingerprint density at radius 2 is 1.77 bits per heavy atom. The van der Waals surface area contributed by atoms with Gasteiger partial charge in [-0.15, -0.1) is 0 Å². The van der Waals surface area contributed by atoms with Crippen LogP contribution in [0.25, 0.3) is 10.8 Å². The lowest BCUT2D eigenvalue weighted by Gasteiger charge is -2.38. The maximum atomic E-state index is 13.7. The molecule has 5 rings (SSSR count). The highest BCUT2D eigenvalue weighted by atomic mass is 16.5. The number of carbonyl (C=O) groups excluding carboxylic acids is 1. The lowest BCUT2D eigenvalue weighted by atomic mass is 9.97. The van der Waals surface area contributed by atoms with Crippen LogP contribution < -0.4 is 15.0 Å². The second-order valence-corrected chi connectivity index (χ2v) is 7.42. The van der Waals surface area contributed by atoms with Crippen molar-refractivity contribution in [3.05, 3.63) is 96.1 Å². The molecule has 0 spiro atoms. The molecule has 5 heteroatoms. The highest BCUT2D eigenvalue weighted by Crippen LogP contribution is 2.42. The Morgan fingerprint density at radius 1 is 0.968 bits per heavy atom. The monoisotopic (exact) mass is 410 g/mol. The average molecular weight is 410 g/mol. The number of rotatable bonds is 4. The van der Waals surface area contributed by atoms with E-state index >= 15 is 0 Å². The molecule has 4 aromatic carbocycles. The van der Waals surface area contributed by atoms with Gasteiger partial charge in [0, 0.05) is 17.3 Å². The molecule has 154 valence electrons. The standard InChI is InChI=1S/C26H22N2O3/c1-2-31-19-10-7-9-18(16-19)28-25(27-22-13-6-5-12-21(22)26(28)30)24-20-11-4-3-8-17(20)14-15-23(24)29/h3-16,25,27,29H,2H2,1H3/t25-/m1/s1. The van der Waals surface area contributed by atoms with Crippen LogP contribution in [0.15, 0.2) is 84.9 Å². The molecule has 0 aliphatic carbocycles. The maximum Gasteiger partial charge on any atom is 0.262 e. The summed E-state index contributed by atoms with van der Waals surface area (Å²) < 4.78 is 5.67. The van der Waals surface area contributed by atoms with E-state index in [9.17, 15) is 9.90 Å². The molecule has 0 aromatic heterocycles.